The van der Waals surface area contributed by atoms with Gasteiger partial charge < -0.3 is 0 Å². The first-order valence-corrected chi connectivity index (χ1v) is 1.21. The van der Waals surface area contributed by atoms with E-state index in [1.165, 1.54) is 0 Å². The van der Waals surface area contributed by atoms with Crippen molar-refractivity contribution < 1.29 is 0 Å². The third-order valence-corrected chi connectivity index (χ3v) is 0. The van der Waals surface area contributed by atoms with Crippen LogP contribution >= 0.6 is 0 Å². The summed E-state index contributed by atoms with van der Waals surface area (Å²) in [6, 6.07) is 0. The van der Waals surface area contributed by atoms with Crippen LogP contribution in [0.25, 0.3) is 0 Å². The van der Waals surface area contributed by atoms with Gasteiger partial charge in [-0.25, -0.2) is 0 Å². The van der Waals surface area contributed by atoms with Crippen LogP contribution in [0.4, 0.5) is 0 Å². The standard InChI is InChI=1S/C3H6B/c1-3(2)4/h1-2,4H2. The molecule has 0 aliphatic carbocycles. The second kappa shape index (κ2) is 1.16. The van der Waals surface area contributed by atoms with E-state index in [2.05, 4.69) is 13.5 Å². The normalized spacial score (nSPS) is 6.25. The van der Waals surface area contributed by atoms with Gasteiger partial charge in [0.1, 0.15) is 7.85 Å². The highest BCUT2D eigenvalue weighted by Crippen LogP contribution is 1.63. The zero-order chi connectivity index (χ0) is 3.58. The van der Waals surface area contributed by atoms with Crippen molar-refractivity contribution in [3.05, 3.63) is 19.0 Å². The van der Waals surface area contributed by atoms with E-state index in [0.717, 1.165) is 5.47 Å². The molecule has 0 bridgehead atoms. The summed E-state index contributed by atoms with van der Waals surface area (Å²) in [5.74, 6) is 0. The molecule has 0 aliphatic heterocycles. The van der Waals surface area contributed by atoms with Crippen molar-refractivity contribution >= 4 is 7.85 Å². The Morgan fingerprint density at radius 3 is 1.75 bits per heavy atom. The highest BCUT2D eigenvalue weighted by molar-refractivity contribution is 6.21. The van der Waals surface area contributed by atoms with Crippen molar-refractivity contribution in [3.8, 4) is 0 Å². The maximum atomic E-state index is 3.44. The Bertz CT molecular complexity index is 26.3. The van der Waals surface area contributed by atoms with Gasteiger partial charge in [-0.3, -0.25) is 0 Å². The largest absolute Gasteiger partial charge is 0.133 e. The van der Waals surface area contributed by atoms with E-state index in [0.29, 0.717) is 0 Å². The summed E-state index contributed by atoms with van der Waals surface area (Å²) < 4.78 is 0. The van der Waals surface area contributed by atoms with Gasteiger partial charge in [0.2, 0.25) is 0 Å². The molecule has 0 saturated carbocycles. The van der Waals surface area contributed by atoms with E-state index in [9.17, 15) is 0 Å². The van der Waals surface area contributed by atoms with Crippen LogP contribution in [-0.4, -0.2) is 7.85 Å². The van der Waals surface area contributed by atoms with Crippen molar-refractivity contribution in [1.29, 1.82) is 0 Å². The monoisotopic (exact) mass is 53.1 g/mol. The van der Waals surface area contributed by atoms with Gasteiger partial charge in [-0.05, 0) is 6.92 Å². The van der Waals surface area contributed by atoms with Crippen LogP contribution in [0.2, 0.25) is 0 Å². The Morgan fingerprint density at radius 1 is 1.75 bits per heavy atom. The fourth-order valence-electron chi connectivity index (χ4n) is 0. The average molecular weight is 52.9 g/mol. The Kier molecular flexibility index (Phi) is 1.10. The SMILES string of the molecule is BC([CH2])=C. The Labute approximate surface area is 27.9 Å². The van der Waals surface area contributed by atoms with Crippen molar-refractivity contribution in [2.45, 2.75) is 0 Å². The van der Waals surface area contributed by atoms with E-state index >= 15 is 0 Å². The Balaban J connectivity index is 2.80. The molecular formula is C3H6B. The molecule has 0 aromatic heterocycles. The average Bonchev–Trinajstić information content (AvgIpc) is 0.811. The zero-order valence-electron chi connectivity index (χ0n) is 2.91. The van der Waals surface area contributed by atoms with Crippen molar-refractivity contribution in [2.75, 3.05) is 0 Å². The van der Waals surface area contributed by atoms with Crippen LogP contribution in [0, 0.1) is 6.92 Å². The third-order valence-electron chi connectivity index (χ3n) is 0. The molecule has 0 amide bonds. The molecule has 0 aromatic rings. The molecule has 0 aliphatic rings. The maximum Gasteiger partial charge on any atom is 0.133 e. The van der Waals surface area contributed by atoms with Gasteiger partial charge >= 0.3 is 0 Å². The first-order chi connectivity index (χ1) is 1.73. The minimum Gasteiger partial charge on any atom is -0.117 e. The molecule has 0 heterocycles. The second-order valence-corrected chi connectivity index (χ2v) is 0.957. The highest BCUT2D eigenvalue weighted by Gasteiger charge is 1.54. The molecule has 1 heteroatoms. The minimum absolute atomic E-state index is 0.917. The van der Waals surface area contributed by atoms with Crippen LogP contribution in [0.3, 0.4) is 0 Å². The summed E-state index contributed by atoms with van der Waals surface area (Å²) in [5.41, 5.74) is 0.917. The smallest absolute Gasteiger partial charge is 0.117 e. The molecule has 21 valence electrons. The molecule has 0 fully saturated rings. The van der Waals surface area contributed by atoms with Crippen LogP contribution in [0.15, 0.2) is 12.1 Å². The van der Waals surface area contributed by atoms with Gasteiger partial charge in [0.25, 0.3) is 0 Å². The minimum atomic E-state index is 0.917. The summed E-state index contributed by atoms with van der Waals surface area (Å²) in [5, 5.41) is 0. The number of hydrogen-bond acceptors (Lipinski definition) is 0. The molecule has 0 nitrogen and oxygen atoms in total. The second-order valence-electron chi connectivity index (χ2n) is 0.957. The highest BCUT2D eigenvalue weighted by atomic mass is 13.4. The van der Waals surface area contributed by atoms with E-state index in [4.69, 9.17) is 0 Å². The number of rotatable bonds is 0. The first-order valence-electron chi connectivity index (χ1n) is 1.21. The van der Waals surface area contributed by atoms with Crippen molar-refractivity contribution in [1.82, 2.24) is 0 Å². The molecule has 0 rings (SSSR count). The van der Waals surface area contributed by atoms with Gasteiger partial charge in [-0.2, -0.15) is 0 Å². The van der Waals surface area contributed by atoms with E-state index in [1.54, 1.807) is 0 Å². The fraction of sp³-hybridized carbons (Fsp3) is 0. The number of allylic oxidation sites excluding steroid dienone is 1. The van der Waals surface area contributed by atoms with Gasteiger partial charge in [0.15, 0.2) is 0 Å². The predicted molar refractivity (Wildman–Crippen MR) is 23.0 cm³/mol. The molecule has 0 atom stereocenters. The summed E-state index contributed by atoms with van der Waals surface area (Å²) in [6.45, 7) is 6.89. The fourth-order valence-corrected chi connectivity index (χ4v) is 0. The van der Waals surface area contributed by atoms with Crippen LogP contribution < -0.4 is 0 Å². The molecule has 0 N–H and O–H groups in total. The van der Waals surface area contributed by atoms with Crippen LogP contribution in [0.5, 0.6) is 0 Å². The molecule has 1 radical (unpaired) electrons. The molecule has 0 unspecified atom stereocenters. The zero-order valence-corrected chi connectivity index (χ0v) is 2.91. The Morgan fingerprint density at radius 2 is 1.75 bits per heavy atom. The quantitative estimate of drug-likeness (QED) is 0.340. The predicted octanol–water partition coefficient (Wildman–Crippen LogP) is -0.0327. The third kappa shape index (κ3) is 30.7. The first kappa shape index (κ1) is 3.80. The lowest BCUT2D eigenvalue weighted by atomic mass is 10.0. The van der Waals surface area contributed by atoms with E-state index in [1.807, 2.05) is 7.85 Å². The van der Waals surface area contributed by atoms with Crippen LogP contribution in [0.1, 0.15) is 0 Å². The van der Waals surface area contributed by atoms with Gasteiger partial charge in [0, 0.05) is 0 Å². The van der Waals surface area contributed by atoms with Crippen molar-refractivity contribution in [3.63, 3.8) is 0 Å². The summed E-state index contributed by atoms with van der Waals surface area (Å²) in [7, 11) is 1.86. The molecule has 0 saturated heterocycles. The topological polar surface area (TPSA) is 0 Å². The lowest BCUT2D eigenvalue weighted by Gasteiger charge is -1.63. The lowest BCUT2D eigenvalue weighted by Crippen LogP contribution is -1.57. The molecule has 0 aromatic carbocycles. The molecule has 0 spiro atoms. The lowest BCUT2D eigenvalue weighted by molar-refractivity contribution is 2.06. The molecular weight excluding hydrogens is 46.8 g/mol. The van der Waals surface area contributed by atoms with E-state index in [-0.39, 0.29) is 0 Å². The van der Waals surface area contributed by atoms with Crippen molar-refractivity contribution in [2.24, 2.45) is 0 Å². The summed E-state index contributed by atoms with van der Waals surface area (Å²) in [4.78, 5) is 0. The maximum absolute atomic E-state index is 3.44. The van der Waals surface area contributed by atoms with Gasteiger partial charge in [0.05, 0.1) is 0 Å². The van der Waals surface area contributed by atoms with Gasteiger partial charge in [-0.15, -0.1) is 12.1 Å². The summed E-state index contributed by atoms with van der Waals surface area (Å²) in [6.07, 6.45) is 0. The van der Waals surface area contributed by atoms with Crippen LogP contribution in [-0.2, 0) is 0 Å². The number of hydrogen-bond donors (Lipinski definition) is 0. The molecule has 4 heavy (non-hydrogen) atoms. The Hall–Kier alpha value is -0.195. The summed E-state index contributed by atoms with van der Waals surface area (Å²) >= 11 is 0. The van der Waals surface area contributed by atoms with E-state index < -0.39 is 0 Å². The van der Waals surface area contributed by atoms with Gasteiger partial charge in [-0.1, -0.05) is 0 Å².